The van der Waals surface area contributed by atoms with E-state index in [2.05, 4.69) is 10.4 Å². The summed E-state index contributed by atoms with van der Waals surface area (Å²) in [5.74, 6) is -0.662. The zero-order valence-corrected chi connectivity index (χ0v) is 14.4. The molecule has 1 heterocycles. The molecule has 0 spiro atoms. The van der Waals surface area contributed by atoms with Gasteiger partial charge in [0.1, 0.15) is 11.8 Å². The van der Waals surface area contributed by atoms with Gasteiger partial charge in [0.15, 0.2) is 0 Å². The van der Waals surface area contributed by atoms with Crippen molar-refractivity contribution in [3.8, 4) is 0 Å². The van der Waals surface area contributed by atoms with Crippen LogP contribution in [-0.2, 0) is 11.8 Å². The van der Waals surface area contributed by atoms with Crippen molar-refractivity contribution in [3.05, 3.63) is 51.3 Å². The van der Waals surface area contributed by atoms with Crippen LogP contribution in [0.5, 0.6) is 0 Å². The second-order valence-corrected chi connectivity index (χ2v) is 5.85. The zero-order valence-electron chi connectivity index (χ0n) is 12.9. The molecule has 0 radical (unpaired) electrons. The van der Waals surface area contributed by atoms with Crippen LogP contribution >= 0.6 is 23.2 Å². The minimum atomic E-state index is -2.84. The fourth-order valence-corrected chi connectivity index (χ4v) is 2.74. The average molecular weight is 378 g/mol. The van der Waals surface area contributed by atoms with Crippen molar-refractivity contribution in [2.24, 2.45) is 7.05 Å². The molecule has 0 aliphatic rings. The summed E-state index contributed by atoms with van der Waals surface area (Å²) in [5.41, 5.74) is -0.109. The van der Waals surface area contributed by atoms with Crippen molar-refractivity contribution in [1.29, 1.82) is 0 Å². The minimum Gasteiger partial charge on any atom is -0.375 e. The number of carbonyl (C=O) groups excluding carboxylic acids is 1. The molecule has 5 nitrogen and oxygen atoms in total. The molecular weight excluding hydrogens is 363 g/mol. The van der Waals surface area contributed by atoms with Gasteiger partial charge < -0.3 is 10.1 Å². The number of alkyl halides is 2. The Morgan fingerprint density at radius 2 is 2.12 bits per heavy atom. The Bertz CT molecular complexity index is 738. The highest BCUT2D eigenvalue weighted by Crippen LogP contribution is 2.28. The first kappa shape index (κ1) is 18.6. The Kier molecular flexibility index (Phi) is 6.15. The number of hydrogen-bond donors (Lipinski definition) is 1. The van der Waals surface area contributed by atoms with Gasteiger partial charge >= 0.3 is 0 Å². The predicted octanol–water partition coefficient (Wildman–Crippen LogP) is 3.78. The number of methoxy groups -OCH3 is 1. The Balaban J connectivity index is 2.12. The van der Waals surface area contributed by atoms with Crippen LogP contribution in [0.1, 0.15) is 34.1 Å². The van der Waals surface area contributed by atoms with Crippen molar-refractivity contribution < 1.29 is 18.3 Å². The SMILES string of the molecule is COC(CNC(=O)c1cn(C)nc1C(F)F)c1ccc(Cl)cc1Cl. The summed E-state index contributed by atoms with van der Waals surface area (Å²) in [6, 6.07) is 4.88. The summed E-state index contributed by atoms with van der Waals surface area (Å²) >= 11 is 12.0. The molecule has 2 rings (SSSR count). The highest BCUT2D eigenvalue weighted by molar-refractivity contribution is 6.35. The number of rotatable bonds is 6. The minimum absolute atomic E-state index is 0.0499. The molecule has 1 unspecified atom stereocenters. The normalized spacial score (nSPS) is 12.5. The second kappa shape index (κ2) is 7.92. The zero-order chi connectivity index (χ0) is 17.9. The molecule has 1 amide bonds. The Hall–Kier alpha value is -1.70. The van der Waals surface area contributed by atoms with E-state index in [9.17, 15) is 13.6 Å². The first-order chi connectivity index (χ1) is 11.3. The molecule has 0 saturated carbocycles. The summed E-state index contributed by atoms with van der Waals surface area (Å²) in [6.07, 6.45) is -2.14. The summed E-state index contributed by atoms with van der Waals surface area (Å²) in [7, 11) is 2.92. The van der Waals surface area contributed by atoms with Gasteiger partial charge in [-0.25, -0.2) is 8.78 Å². The number of nitrogens with zero attached hydrogens (tertiary/aromatic N) is 2. The number of aryl methyl sites for hydroxylation is 1. The first-order valence-electron chi connectivity index (χ1n) is 6.91. The quantitative estimate of drug-likeness (QED) is 0.833. The van der Waals surface area contributed by atoms with Crippen molar-refractivity contribution in [2.45, 2.75) is 12.5 Å². The van der Waals surface area contributed by atoms with Crippen molar-refractivity contribution in [2.75, 3.05) is 13.7 Å². The van der Waals surface area contributed by atoms with Gasteiger partial charge in [-0.05, 0) is 12.1 Å². The Morgan fingerprint density at radius 1 is 1.42 bits per heavy atom. The van der Waals surface area contributed by atoms with Gasteiger partial charge in [-0.2, -0.15) is 5.10 Å². The van der Waals surface area contributed by atoms with E-state index < -0.39 is 24.1 Å². The predicted molar refractivity (Wildman–Crippen MR) is 86.7 cm³/mol. The van der Waals surface area contributed by atoms with Gasteiger partial charge in [0, 0.05) is 42.5 Å². The van der Waals surface area contributed by atoms with Gasteiger partial charge in [-0.15, -0.1) is 0 Å². The van der Waals surface area contributed by atoms with E-state index in [1.54, 1.807) is 18.2 Å². The van der Waals surface area contributed by atoms with Crippen LogP contribution in [-0.4, -0.2) is 29.3 Å². The van der Waals surface area contributed by atoms with Gasteiger partial charge in [0.05, 0.1) is 5.56 Å². The summed E-state index contributed by atoms with van der Waals surface area (Å²) in [6.45, 7) is 0.0499. The van der Waals surface area contributed by atoms with Crippen LogP contribution in [0.2, 0.25) is 10.0 Å². The summed E-state index contributed by atoms with van der Waals surface area (Å²) < 4.78 is 32.3. The van der Waals surface area contributed by atoms with Crippen LogP contribution in [0, 0.1) is 0 Å². The maximum atomic E-state index is 12.9. The molecule has 1 N–H and O–H groups in total. The number of carbonyl (C=O) groups is 1. The topological polar surface area (TPSA) is 56.1 Å². The number of ether oxygens (including phenoxy) is 1. The standard InChI is InChI=1S/C15H15Cl2F2N3O2/c1-22-7-10(13(21-22)14(18)19)15(23)20-6-12(24-2)9-4-3-8(16)5-11(9)17/h3-5,7,12,14H,6H2,1-2H3,(H,20,23). The maximum Gasteiger partial charge on any atom is 0.282 e. The van der Waals surface area contributed by atoms with Crippen molar-refractivity contribution in [3.63, 3.8) is 0 Å². The molecule has 1 aromatic heterocycles. The molecular formula is C15H15Cl2F2N3O2. The van der Waals surface area contributed by atoms with E-state index in [0.717, 1.165) is 0 Å². The van der Waals surface area contributed by atoms with Crippen LogP contribution in [0.3, 0.4) is 0 Å². The molecule has 1 aromatic carbocycles. The number of amides is 1. The van der Waals surface area contributed by atoms with Crippen LogP contribution in [0.4, 0.5) is 8.78 Å². The van der Waals surface area contributed by atoms with E-state index in [1.807, 2.05) is 0 Å². The molecule has 0 aliphatic carbocycles. The largest absolute Gasteiger partial charge is 0.375 e. The number of halogens is 4. The molecule has 0 aliphatic heterocycles. The van der Waals surface area contributed by atoms with E-state index in [4.69, 9.17) is 27.9 Å². The number of nitrogens with one attached hydrogen (secondary N) is 1. The maximum absolute atomic E-state index is 12.9. The van der Waals surface area contributed by atoms with E-state index in [0.29, 0.717) is 15.6 Å². The number of benzene rings is 1. The molecule has 0 saturated heterocycles. The fourth-order valence-electron chi connectivity index (χ4n) is 2.21. The van der Waals surface area contributed by atoms with E-state index in [-0.39, 0.29) is 12.1 Å². The van der Waals surface area contributed by atoms with Crippen LogP contribution in [0.25, 0.3) is 0 Å². The molecule has 0 fully saturated rings. The van der Waals surface area contributed by atoms with Crippen molar-refractivity contribution in [1.82, 2.24) is 15.1 Å². The molecule has 9 heteroatoms. The lowest BCUT2D eigenvalue weighted by molar-refractivity contribution is 0.0819. The van der Waals surface area contributed by atoms with Crippen molar-refractivity contribution >= 4 is 29.1 Å². The van der Waals surface area contributed by atoms with E-state index >= 15 is 0 Å². The van der Waals surface area contributed by atoms with Gasteiger partial charge in [0.2, 0.25) is 0 Å². The van der Waals surface area contributed by atoms with Gasteiger partial charge in [-0.1, -0.05) is 29.3 Å². The van der Waals surface area contributed by atoms with Crippen LogP contribution < -0.4 is 5.32 Å². The third-order valence-electron chi connectivity index (χ3n) is 3.35. The van der Waals surface area contributed by atoms with Gasteiger partial charge in [0.25, 0.3) is 12.3 Å². The Labute approximate surface area is 147 Å². The number of hydrogen-bond acceptors (Lipinski definition) is 3. The fraction of sp³-hybridized carbons (Fsp3) is 0.333. The molecule has 24 heavy (non-hydrogen) atoms. The molecule has 0 bridgehead atoms. The van der Waals surface area contributed by atoms with Gasteiger partial charge in [-0.3, -0.25) is 9.48 Å². The Morgan fingerprint density at radius 3 is 2.71 bits per heavy atom. The molecule has 130 valence electrons. The highest BCUT2D eigenvalue weighted by atomic mass is 35.5. The smallest absolute Gasteiger partial charge is 0.282 e. The lowest BCUT2D eigenvalue weighted by Gasteiger charge is -2.18. The molecule has 1 atom stereocenters. The third-order valence-corrected chi connectivity index (χ3v) is 3.91. The summed E-state index contributed by atoms with van der Waals surface area (Å²) in [4.78, 5) is 12.2. The lowest BCUT2D eigenvalue weighted by Crippen LogP contribution is -2.29. The average Bonchev–Trinajstić information content (AvgIpc) is 2.91. The third kappa shape index (κ3) is 4.23. The molecule has 2 aromatic rings. The second-order valence-electron chi connectivity index (χ2n) is 5.00. The monoisotopic (exact) mass is 377 g/mol. The first-order valence-corrected chi connectivity index (χ1v) is 7.66. The summed E-state index contributed by atoms with van der Waals surface area (Å²) in [5, 5.41) is 7.02. The lowest BCUT2D eigenvalue weighted by atomic mass is 10.1. The van der Waals surface area contributed by atoms with E-state index in [1.165, 1.54) is 25.0 Å². The highest BCUT2D eigenvalue weighted by Gasteiger charge is 2.23. The number of aromatic nitrogens is 2. The van der Waals surface area contributed by atoms with Crippen LogP contribution in [0.15, 0.2) is 24.4 Å².